The highest BCUT2D eigenvalue weighted by Gasteiger charge is 2.19. The molecular weight excluding hydrogens is 318 g/mol. The Labute approximate surface area is 158 Å². The molecule has 2 aromatic carbocycles. The fourth-order valence-electron chi connectivity index (χ4n) is 3.87. The monoisotopic (exact) mass is 349 g/mol. The number of carbonyl (C=O) groups is 1. The summed E-state index contributed by atoms with van der Waals surface area (Å²) in [6, 6.07) is 18.6. The van der Waals surface area contributed by atoms with Gasteiger partial charge in [-0.3, -0.25) is 0 Å². The van der Waals surface area contributed by atoms with Crippen molar-refractivity contribution in [3.63, 3.8) is 0 Å². The van der Waals surface area contributed by atoms with E-state index in [2.05, 4.69) is 60.4 Å². The molecule has 138 valence electrons. The first-order valence-electron chi connectivity index (χ1n) is 10.0. The number of carbonyl (C=O) groups excluding carboxylic acids is 1. The van der Waals surface area contributed by atoms with Gasteiger partial charge in [0.2, 0.25) is 0 Å². The summed E-state index contributed by atoms with van der Waals surface area (Å²) >= 11 is 0. The second kappa shape index (κ2) is 9.14. The van der Waals surface area contributed by atoms with Crippen molar-refractivity contribution in [2.45, 2.75) is 58.4 Å². The topological polar surface area (TPSA) is 20.3 Å². The van der Waals surface area contributed by atoms with Crippen molar-refractivity contribution in [2.24, 2.45) is 0 Å². The Morgan fingerprint density at radius 2 is 1.54 bits per heavy atom. The van der Waals surface area contributed by atoms with E-state index in [1.165, 1.54) is 48.2 Å². The van der Waals surface area contributed by atoms with Crippen molar-refractivity contribution in [1.82, 2.24) is 4.90 Å². The number of hydrogen-bond donors (Lipinski definition) is 0. The van der Waals surface area contributed by atoms with E-state index in [9.17, 15) is 4.79 Å². The van der Waals surface area contributed by atoms with Gasteiger partial charge < -0.3 is 9.69 Å². The average Bonchev–Trinajstić information content (AvgIpc) is 3.06. The number of ketones is 1. The summed E-state index contributed by atoms with van der Waals surface area (Å²) in [7, 11) is 0. The van der Waals surface area contributed by atoms with Gasteiger partial charge in [0.25, 0.3) is 0 Å². The molecule has 0 bridgehead atoms. The van der Waals surface area contributed by atoms with Crippen LogP contribution in [0.2, 0.25) is 0 Å². The van der Waals surface area contributed by atoms with Gasteiger partial charge >= 0.3 is 0 Å². The lowest BCUT2D eigenvalue weighted by molar-refractivity contribution is -0.117. The molecule has 2 nitrogen and oxygen atoms in total. The van der Waals surface area contributed by atoms with Crippen LogP contribution < -0.4 is 0 Å². The lowest BCUT2D eigenvalue weighted by Crippen LogP contribution is -2.28. The van der Waals surface area contributed by atoms with Crippen molar-refractivity contribution in [3.05, 3.63) is 59.7 Å². The largest absolute Gasteiger partial charge is 0.300 e. The van der Waals surface area contributed by atoms with Crippen LogP contribution in [-0.2, 0) is 17.6 Å². The van der Waals surface area contributed by atoms with Gasteiger partial charge in [0, 0.05) is 19.0 Å². The van der Waals surface area contributed by atoms with Crippen LogP contribution in [0.3, 0.4) is 0 Å². The number of benzene rings is 2. The summed E-state index contributed by atoms with van der Waals surface area (Å²) in [6.07, 6.45) is 6.44. The van der Waals surface area contributed by atoms with Gasteiger partial charge in [-0.1, -0.05) is 48.5 Å². The molecule has 0 saturated carbocycles. The Hall–Kier alpha value is -1.93. The lowest BCUT2D eigenvalue weighted by atomic mass is 10.00. The predicted molar refractivity (Wildman–Crippen MR) is 109 cm³/mol. The molecule has 0 radical (unpaired) electrons. The third-order valence-corrected chi connectivity index (χ3v) is 5.61. The maximum Gasteiger partial charge on any atom is 0.129 e. The van der Waals surface area contributed by atoms with Crippen LogP contribution in [0.1, 0.15) is 50.7 Å². The second-order valence-corrected chi connectivity index (χ2v) is 7.73. The zero-order chi connectivity index (χ0) is 18.4. The fourth-order valence-corrected chi connectivity index (χ4v) is 3.87. The standard InChI is InChI=1S/C24H31NO/c1-19-5-4-17-25(19)18-16-22-10-14-24(15-11-22)23-12-8-21(9-13-23)7-3-6-20(2)26/h8-15,19H,3-7,16-18H2,1-2H3/t19-/m1/s1. The molecule has 26 heavy (non-hydrogen) atoms. The van der Waals surface area contributed by atoms with Crippen LogP contribution in [0.15, 0.2) is 48.5 Å². The fraction of sp³-hybridized carbons (Fsp3) is 0.458. The minimum Gasteiger partial charge on any atom is -0.300 e. The molecule has 1 fully saturated rings. The minimum atomic E-state index is 0.279. The molecule has 0 aromatic heterocycles. The van der Waals surface area contributed by atoms with E-state index < -0.39 is 0 Å². The summed E-state index contributed by atoms with van der Waals surface area (Å²) in [4.78, 5) is 13.6. The Morgan fingerprint density at radius 1 is 0.962 bits per heavy atom. The van der Waals surface area contributed by atoms with Crippen molar-refractivity contribution < 1.29 is 4.79 Å². The summed E-state index contributed by atoms with van der Waals surface area (Å²) in [6.45, 7) is 6.45. The molecule has 1 heterocycles. The van der Waals surface area contributed by atoms with Crippen molar-refractivity contribution in [3.8, 4) is 11.1 Å². The number of hydrogen-bond acceptors (Lipinski definition) is 2. The molecule has 1 atom stereocenters. The van der Waals surface area contributed by atoms with Gasteiger partial charge in [-0.15, -0.1) is 0 Å². The molecule has 1 saturated heterocycles. The second-order valence-electron chi connectivity index (χ2n) is 7.73. The van der Waals surface area contributed by atoms with Crippen LogP contribution in [0.25, 0.3) is 11.1 Å². The van der Waals surface area contributed by atoms with Crippen molar-refractivity contribution in [2.75, 3.05) is 13.1 Å². The number of rotatable bonds is 8. The van der Waals surface area contributed by atoms with Gasteiger partial charge in [-0.2, -0.15) is 0 Å². The van der Waals surface area contributed by atoms with Crippen LogP contribution in [0.5, 0.6) is 0 Å². The number of Topliss-reactive ketones (excluding diaryl/α,β-unsaturated/α-hetero) is 1. The van der Waals surface area contributed by atoms with Gasteiger partial charge in [-0.25, -0.2) is 0 Å². The van der Waals surface area contributed by atoms with Crippen LogP contribution >= 0.6 is 0 Å². The molecule has 1 aliphatic rings. The predicted octanol–water partition coefficient (Wildman–Crippen LogP) is 5.29. The van der Waals surface area contributed by atoms with Crippen LogP contribution in [0, 0.1) is 0 Å². The van der Waals surface area contributed by atoms with Gasteiger partial charge in [0.05, 0.1) is 0 Å². The summed E-state index contributed by atoms with van der Waals surface area (Å²) in [5.74, 6) is 0.279. The zero-order valence-electron chi connectivity index (χ0n) is 16.2. The normalized spacial score (nSPS) is 17.5. The average molecular weight is 350 g/mol. The lowest BCUT2D eigenvalue weighted by Gasteiger charge is -2.20. The maximum absolute atomic E-state index is 11.0. The quantitative estimate of drug-likeness (QED) is 0.645. The number of nitrogens with zero attached hydrogens (tertiary/aromatic N) is 1. The molecule has 1 aliphatic heterocycles. The Bertz CT molecular complexity index is 702. The van der Waals surface area contributed by atoms with Gasteiger partial charge in [0.15, 0.2) is 0 Å². The van der Waals surface area contributed by atoms with Gasteiger partial charge in [0.1, 0.15) is 5.78 Å². The van der Waals surface area contributed by atoms with Crippen LogP contribution in [-0.4, -0.2) is 29.8 Å². The molecule has 0 amide bonds. The Balaban J connectivity index is 1.53. The van der Waals surface area contributed by atoms with Gasteiger partial charge in [-0.05, 0) is 74.8 Å². The number of likely N-dealkylation sites (tertiary alicyclic amines) is 1. The molecule has 0 N–H and O–H groups in total. The summed E-state index contributed by atoms with van der Waals surface area (Å²) < 4.78 is 0. The van der Waals surface area contributed by atoms with E-state index >= 15 is 0 Å². The first-order chi connectivity index (χ1) is 12.6. The van der Waals surface area contributed by atoms with E-state index in [1.807, 2.05) is 0 Å². The summed E-state index contributed by atoms with van der Waals surface area (Å²) in [5, 5.41) is 0. The third kappa shape index (κ3) is 5.28. The van der Waals surface area contributed by atoms with E-state index in [-0.39, 0.29) is 5.78 Å². The highest BCUT2D eigenvalue weighted by molar-refractivity contribution is 5.75. The maximum atomic E-state index is 11.0. The molecule has 2 aromatic rings. The molecule has 2 heteroatoms. The van der Waals surface area contributed by atoms with E-state index in [4.69, 9.17) is 0 Å². The van der Waals surface area contributed by atoms with Crippen LogP contribution in [0.4, 0.5) is 0 Å². The SMILES string of the molecule is CC(=O)CCCc1ccc(-c2ccc(CCN3CCC[C@H]3C)cc2)cc1. The highest BCUT2D eigenvalue weighted by Crippen LogP contribution is 2.22. The van der Waals surface area contributed by atoms with E-state index in [0.29, 0.717) is 6.42 Å². The number of aryl methyl sites for hydroxylation is 1. The third-order valence-electron chi connectivity index (χ3n) is 5.61. The zero-order valence-corrected chi connectivity index (χ0v) is 16.2. The smallest absolute Gasteiger partial charge is 0.129 e. The first-order valence-corrected chi connectivity index (χ1v) is 10.0. The van der Waals surface area contributed by atoms with E-state index in [0.717, 1.165) is 25.3 Å². The Kier molecular flexibility index (Phi) is 6.62. The molecular formula is C24H31NO. The molecule has 3 rings (SSSR count). The summed E-state index contributed by atoms with van der Waals surface area (Å²) in [5.41, 5.74) is 5.28. The van der Waals surface area contributed by atoms with E-state index in [1.54, 1.807) is 6.92 Å². The van der Waals surface area contributed by atoms with Crippen molar-refractivity contribution in [1.29, 1.82) is 0 Å². The highest BCUT2D eigenvalue weighted by atomic mass is 16.1. The molecule has 0 aliphatic carbocycles. The molecule has 0 spiro atoms. The first kappa shape index (κ1) is 18.8. The van der Waals surface area contributed by atoms with Crippen molar-refractivity contribution >= 4 is 5.78 Å². The minimum absolute atomic E-state index is 0.279. The Morgan fingerprint density at radius 3 is 2.04 bits per heavy atom. The molecule has 0 unspecified atom stereocenters.